The average Bonchev–Trinajstić information content (AvgIpc) is 2.28. The van der Waals surface area contributed by atoms with Gasteiger partial charge in [0.15, 0.2) is 0 Å². The third-order valence-corrected chi connectivity index (χ3v) is 1.05. The smallest absolute Gasteiger partial charge is 0.481 e. The number of carboxylic acid groups (broad SMARTS) is 2. The van der Waals surface area contributed by atoms with Crippen molar-refractivity contribution in [3.8, 4) is 0 Å². The first kappa shape index (κ1) is 25.9. The fourth-order valence-corrected chi connectivity index (χ4v) is 0.275. The first-order valence-electron chi connectivity index (χ1n) is 4.87. The average molecular weight is 312 g/mol. The van der Waals surface area contributed by atoms with E-state index in [0.717, 1.165) is 0 Å². The Morgan fingerprint density at radius 1 is 0.889 bits per heavy atom. The summed E-state index contributed by atoms with van der Waals surface area (Å²) >= 11 is 0. The Morgan fingerprint density at radius 3 is 1.22 bits per heavy atom. The zero-order valence-corrected chi connectivity index (χ0v) is 11.1. The molecular weight excluding hydrogens is 289 g/mol. The van der Waals surface area contributed by atoms with Gasteiger partial charge in [-0.2, -0.15) is 0 Å². The van der Waals surface area contributed by atoms with Gasteiger partial charge in [-0.15, -0.1) is 0 Å². The molecule has 18 heavy (non-hydrogen) atoms. The second-order valence-corrected chi connectivity index (χ2v) is 2.70. The Bertz CT molecular complexity index is 188. The van der Waals surface area contributed by atoms with Crippen LogP contribution in [0.15, 0.2) is 0 Å². The van der Waals surface area contributed by atoms with E-state index in [1.54, 1.807) is 0 Å². The third-order valence-electron chi connectivity index (χ3n) is 1.05. The van der Waals surface area contributed by atoms with E-state index in [2.05, 4.69) is 0 Å². The second kappa shape index (κ2) is 21.5. The fraction of sp³-hybridized carbons (Fsp3) is 0.750. The van der Waals surface area contributed by atoms with E-state index in [1.165, 1.54) is 0 Å². The molecule has 111 valence electrons. The normalized spacial score (nSPS) is 9.61. The van der Waals surface area contributed by atoms with Crippen molar-refractivity contribution >= 4 is 11.9 Å². The van der Waals surface area contributed by atoms with Crippen LogP contribution in [0, 0.1) is 0 Å². The van der Waals surface area contributed by atoms with E-state index in [9.17, 15) is 9.59 Å². The molecule has 0 saturated heterocycles. The summed E-state index contributed by atoms with van der Waals surface area (Å²) in [6, 6.07) is -1.29. The molecule has 0 heterocycles. The van der Waals surface area contributed by atoms with E-state index >= 15 is 0 Å². The summed E-state index contributed by atoms with van der Waals surface area (Å²) in [4.78, 5) is 19.6. The molecule has 0 aliphatic rings. The number of nitrogens with two attached hydrogens (primary N) is 5. The molecule has 0 aromatic heterocycles. The van der Waals surface area contributed by atoms with Crippen LogP contribution in [0.4, 0.5) is 0 Å². The molecule has 0 saturated carbocycles. The third kappa shape index (κ3) is 36.2. The second-order valence-electron chi connectivity index (χ2n) is 2.70. The van der Waals surface area contributed by atoms with Gasteiger partial charge in [-0.05, 0) is 0 Å². The molecule has 1 unspecified atom stereocenters. The molecule has 0 aromatic rings. The van der Waals surface area contributed by atoms with Crippen LogP contribution >= 0.6 is 0 Å². The van der Waals surface area contributed by atoms with Gasteiger partial charge >= 0.3 is 28.7 Å². The molecule has 0 aromatic carbocycles. The standard InChI is InChI=1S/C4H7NO4.2C2H8N2.Co/c5-2(4(8)9)1-3(6)7;2*3-1-2-4;/h2H,1,5H2,(H,6,7)(H,8,9);2*1-4H2;/q;;;+2. The predicted octanol–water partition coefficient (Wildman–Crippen LogP) is -3.32. The quantitative estimate of drug-likeness (QED) is 0.271. The largest absolute Gasteiger partial charge is 2.00 e. The molecule has 0 rings (SSSR count). The molecule has 1 atom stereocenters. The van der Waals surface area contributed by atoms with Gasteiger partial charge < -0.3 is 38.9 Å². The first-order valence-corrected chi connectivity index (χ1v) is 4.87. The maximum atomic E-state index is 9.85. The number of aliphatic carboxylic acids is 2. The molecule has 0 fully saturated rings. The Labute approximate surface area is 116 Å². The SMILES string of the molecule is NC(CC(=O)O)C(=O)O.NCCN.NCCN.[Co+2]. The number of carbonyl (C=O) groups is 2. The van der Waals surface area contributed by atoms with Crippen LogP contribution in [0.1, 0.15) is 6.42 Å². The van der Waals surface area contributed by atoms with Gasteiger partial charge in [0.25, 0.3) is 0 Å². The van der Waals surface area contributed by atoms with Crippen LogP contribution in [0.25, 0.3) is 0 Å². The Kier molecular flexibility index (Phi) is 31.0. The van der Waals surface area contributed by atoms with Crippen molar-refractivity contribution in [3.05, 3.63) is 0 Å². The predicted molar refractivity (Wildman–Crippen MR) is 64.1 cm³/mol. The van der Waals surface area contributed by atoms with Crippen LogP contribution in [0.2, 0.25) is 0 Å². The maximum Gasteiger partial charge on any atom is 2.00 e. The van der Waals surface area contributed by atoms with Crippen molar-refractivity contribution in [1.29, 1.82) is 0 Å². The summed E-state index contributed by atoms with van der Waals surface area (Å²) in [5, 5.41) is 16.0. The summed E-state index contributed by atoms with van der Waals surface area (Å²) in [6.45, 7) is 2.39. The zero-order valence-electron chi connectivity index (χ0n) is 10.0. The summed E-state index contributed by atoms with van der Waals surface area (Å²) in [6.07, 6.45) is -0.532. The molecule has 10 heteroatoms. The number of rotatable bonds is 5. The number of carboxylic acids is 2. The summed E-state index contributed by atoms with van der Waals surface area (Å²) < 4.78 is 0. The van der Waals surface area contributed by atoms with Gasteiger partial charge in [-0.25, -0.2) is 0 Å². The summed E-state index contributed by atoms with van der Waals surface area (Å²) in [5.41, 5.74) is 24.4. The van der Waals surface area contributed by atoms with E-state index in [-0.39, 0.29) is 16.8 Å². The first-order chi connectivity index (χ1) is 7.87. The van der Waals surface area contributed by atoms with Gasteiger partial charge in [0.05, 0.1) is 6.42 Å². The fourth-order valence-electron chi connectivity index (χ4n) is 0.275. The minimum absolute atomic E-state index is 0. The summed E-state index contributed by atoms with van der Waals surface area (Å²) in [5.74, 6) is -2.50. The minimum Gasteiger partial charge on any atom is -0.481 e. The molecule has 0 spiro atoms. The van der Waals surface area contributed by atoms with E-state index in [0.29, 0.717) is 26.2 Å². The van der Waals surface area contributed by atoms with Gasteiger partial charge in [0, 0.05) is 26.2 Å². The van der Waals surface area contributed by atoms with Crippen molar-refractivity contribution in [2.75, 3.05) is 26.2 Å². The molecular formula is C8H23CoN5O4+2. The van der Waals surface area contributed by atoms with Gasteiger partial charge in [-0.3, -0.25) is 9.59 Å². The van der Waals surface area contributed by atoms with Crippen LogP contribution in [-0.2, 0) is 26.4 Å². The Morgan fingerprint density at radius 2 is 1.17 bits per heavy atom. The van der Waals surface area contributed by atoms with Gasteiger partial charge in [-0.1, -0.05) is 0 Å². The van der Waals surface area contributed by atoms with Crippen LogP contribution in [0.5, 0.6) is 0 Å². The van der Waals surface area contributed by atoms with E-state index < -0.39 is 24.4 Å². The maximum absolute atomic E-state index is 9.85. The molecule has 12 N–H and O–H groups in total. The Balaban J connectivity index is -0.0000000922. The van der Waals surface area contributed by atoms with Crippen molar-refractivity contribution in [2.45, 2.75) is 12.5 Å². The van der Waals surface area contributed by atoms with Crippen molar-refractivity contribution in [1.82, 2.24) is 0 Å². The number of hydrogen-bond donors (Lipinski definition) is 7. The van der Waals surface area contributed by atoms with Crippen LogP contribution in [-0.4, -0.2) is 54.4 Å². The molecule has 9 nitrogen and oxygen atoms in total. The summed E-state index contributed by atoms with van der Waals surface area (Å²) in [7, 11) is 0. The zero-order chi connectivity index (χ0) is 14.3. The Hall–Kier alpha value is -0.754. The van der Waals surface area contributed by atoms with Crippen LogP contribution < -0.4 is 28.7 Å². The topological polar surface area (TPSA) is 205 Å². The van der Waals surface area contributed by atoms with E-state index in [1.807, 2.05) is 0 Å². The van der Waals surface area contributed by atoms with E-state index in [4.69, 9.17) is 38.9 Å². The van der Waals surface area contributed by atoms with Gasteiger partial charge in [0.1, 0.15) is 6.04 Å². The number of hydrogen-bond acceptors (Lipinski definition) is 7. The molecule has 0 aliphatic heterocycles. The molecule has 0 aliphatic carbocycles. The van der Waals surface area contributed by atoms with Crippen molar-refractivity contribution in [2.24, 2.45) is 28.7 Å². The monoisotopic (exact) mass is 312 g/mol. The van der Waals surface area contributed by atoms with Gasteiger partial charge in [0.2, 0.25) is 0 Å². The van der Waals surface area contributed by atoms with Crippen molar-refractivity contribution in [3.63, 3.8) is 0 Å². The van der Waals surface area contributed by atoms with Crippen LogP contribution in [0.3, 0.4) is 0 Å². The molecule has 0 amide bonds. The molecule has 1 radical (unpaired) electrons. The van der Waals surface area contributed by atoms with Crippen molar-refractivity contribution < 1.29 is 36.6 Å². The molecule has 0 bridgehead atoms. The minimum atomic E-state index is -1.29.